The monoisotopic (exact) mass is 380 g/mol. The highest BCUT2D eigenvalue weighted by Gasteiger charge is 2.17. The molecule has 0 aliphatic heterocycles. The second-order valence-electron chi connectivity index (χ2n) is 6.27. The molecule has 0 bridgehead atoms. The number of anilines is 1. The molecule has 7 nitrogen and oxygen atoms in total. The van der Waals surface area contributed by atoms with E-state index in [1.807, 2.05) is 0 Å². The third kappa shape index (κ3) is 5.24. The zero-order valence-corrected chi connectivity index (χ0v) is 16.1. The van der Waals surface area contributed by atoms with E-state index in [2.05, 4.69) is 37.2 Å². The Morgan fingerprint density at radius 2 is 2.16 bits per heavy atom. The zero-order chi connectivity index (χ0) is 17.5. The van der Waals surface area contributed by atoms with Crippen LogP contribution in [0.2, 0.25) is 0 Å². The molecule has 0 radical (unpaired) electrons. The van der Waals surface area contributed by atoms with Gasteiger partial charge in [-0.05, 0) is 19.3 Å². The molecule has 0 saturated heterocycles. The van der Waals surface area contributed by atoms with Crippen molar-refractivity contribution in [3.8, 4) is 0 Å². The summed E-state index contributed by atoms with van der Waals surface area (Å²) < 4.78 is 2.13. The van der Waals surface area contributed by atoms with Gasteiger partial charge in [-0.2, -0.15) is 0 Å². The van der Waals surface area contributed by atoms with E-state index in [0.717, 1.165) is 29.9 Å². The Bertz CT molecular complexity index is 666. The van der Waals surface area contributed by atoms with Crippen molar-refractivity contribution in [2.24, 2.45) is 5.92 Å². The molecule has 2 aromatic heterocycles. The molecule has 1 fully saturated rings. The van der Waals surface area contributed by atoms with Gasteiger partial charge < -0.3 is 4.57 Å². The number of nitrogens with zero attached hydrogens (tertiary/aromatic N) is 5. The van der Waals surface area contributed by atoms with Crippen molar-refractivity contribution >= 4 is 34.1 Å². The fraction of sp³-hybridized carbons (Fsp3) is 0.688. The van der Waals surface area contributed by atoms with Gasteiger partial charge in [-0.1, -0.05) is 55.2 Å². The van der Waals surface area contributed by atoms with Gasteiger partial charge in [0.05, 0.1) is 5.75 Å². The van der Waals surface area contributed by atoms with Gasteiger partial charge in [-0.15, -0.1) is 20.4 Å². The lowest BCUT2D eigenvalue weighted by Gasteiger charge is -2.21. The van der Waals surface area contributed by atoms with Crippen LogP contribution in [0.4, 0.5) is 5.13 Å². The first-order chi connectivity index (χ1) is 12.3. The van der Waals surface area contributed by atoms with Gasteiger partial charge >= 0.3 is 0 Å². The molecule has 136 valence electrons. The fourth-order valence-corrected chi connectivity index (χ4v) is 4.53. The van der Waals surface area contributed by atoms with E-state index < -0.39 is 0 Å². The smallest absolute Gasteiger partial charge is 0.236 e. The Morgan fingerprint density at radius 3 is 2.88 bits per heavy atom. The predicted octanol–water partition coefficient (Wildman–Crippen LogP) is 3.39. The minimum absolute atomic E-state index is 0.101. The van der Waals surface area contributed by atoms with Crippen LogP contribution in [0.3, 0.4) is 0 Å². The molecule has 1 aliphatic carbocycles. The van der Waals surface area contributed by atoms with E-state index >= 15 is 0 Å². The Labute approximate surface area is 156 Å². The van der Waals surface area contributed by atoms with E-state index in [-0.39, 0.29) is 5.91 Å². The Morgan fingerprint density at radius 1 is 1.32 bits per heavy atom. The standard InChI is InChI=1S/C16H24N6OS2/c1-2-22-13(9-8-12-6-4-3-5-7-12)19-21-16(22)24-10-14(23)18-15-20-17-11-25-15/h11-12H,2-10H2,1H3,(H,18,20,23). The van der Waals surface area contributed by atoms with Gasteiger partial charge in [0.1, 0.15) is 11.3 Å². The molecule has 1 aliphatic rings. The van der Waals surface area contributed by atoms with Crippen molar-refractivity contribution in [2.45, 2.75) is 63.6 Å². The maximum atomic E-state index is 12.0. The van der Waals surface area contributed by atoms with Crippen molar-refractivity contribution in [1.29, 1.82) is 0 Å². The van der Waals surface area contributed by atoms with Crippen LogP contribution in [0.25, 0.3) is 0 Å². The molecule has 0 aromatic carbocycles. The number of carbonyl (C=O) groups excluding carboxylic acids is 1. The summed E-state index contributed by atoms with van der Waals surface area (Å²) in [6, 6.07) is 0. The summed E-state index contributed by atoms with van der Waals surface area (Å²) in [6.07, 6.45) is 9.01. The Kier molecular flexibility index (Phi) is 6.80. The van der Waals surface area contributed by atoms with E-state index in [1.54, 1.807) is 5.51 Å². The molecule has 25 heavy (non-hydrogen) atoms. The van der Waals surface area contributed by atoms with E-state index in [9.17, 15) is 4.79 Å². The molecule has 0 spiro atoms. The molecule has 2 aromatic rings. The fourth-order valence-electron chi connectivity index (χ4n) is 3.25. The van der Waals surface area contributed by atoms with Gasteiger partial charge in [0.25, 0.3) is 0 Å². The molecule has 1 N–H and O–H groups in total. The summed E-state index contributed by atoms with van der Waals surface area (Å²) in [5.41, 5.74) is 1.59. The van der Waals surface area contributed by atoms with Crippen molar-refractivity contribution in [2.75, 3.05) is 11.1 Å². The summed E-state index contributed by atoms with van der Waals surface area (Å²) in [5.74, 6) is 2.07. The quantitative estimate of drug-likeness (QED) is 0.707. The second kappa shape index (κ2) is 9.28. The van der Waals surface area contributed by atoms with Crippen molar-refractivity contribution in [3.05, 3.63) is 11.3 Å². The zero-order valence-electron chi connectivity index (χ0n) is 14.5. The first kappa shape index (κ1) is 18.3. The third-order valence-corrected chi connectivity index (χ3v) is 6.12. The summed E-state index contributed by atoms with van der Waals surface area (Å²) in [4.78, 5) is 12.0. The number of aryl methyl sites for hydroxylation is 1. The average molecular weight is 381 g/mol. The summed E-state index contributed by atoms with van der Waals surface area (Å²) in [5, 5.41) is 20.2. The maximum Gasteiger partial charge on any atom is 0.236 e. The minimum Gasteiger partial charge on any atom is -0.306 e. The van der Waals surface area contributed by atoms with Crippen LogP contribution in [0.15, 0.2) is 10.7 Å². The molecule has 0 unspecified atom stereocenters. The lowest BCUT2D eigenvalue weighted by atomic mass is 9.86. The average Bonchev–Trinajstić information content (AvgIpc) is 3.28. The number of amides is 1. The first-order valence-electron chi connectivity index (χ1n) is 8.87. The minimum atomic E-state index is -0.101. The van der Waals surface area contributed by atoms with Gasteiger partial charge in [-0.25, -0.2) is 0 Å². The number of hydrogen-bond donors (Lipinski definition) is 1. The van der Waals surface area contributed by atoms with Crippen molar-refractivity contribution < 1.29 is 4.79 Å². The summed E-state index contributed by atoms with van der Waals surface area (Å²) in [7, 11) is 0. The Balaban J connectivity index is 1.51. The van der Waals surface area contributed by atoms with Crippen molar-refractivity contribution in [1.82, 2.24) is 25.0 Å². The maximum absolute atomic E-state index is 12.0. The van der Waals surface area contributed by atoms with Gasteiger partial charge in [0.15, 0.2) is 5.16 Å². The molecule has 9 heteroatoms. The third-order valence-electron chi connectivity index (χ3n) is 4.55. The number of thioether (sulfide) groups is 1. The molecule has 1 saturated carbocycles. The SMILES string of the molecule is CCn1c(CCC2CCCCC2)nnc1SCC(=O)Nc1nncs1. The molecular formula is C16H24N6OS2. The number of nitrogens with one attached hydrogen (secondary N) is 1. The van der Waals surface area contributed by atoms with Gasteiger partial charge in [-0.3, -0.25) is 10.1 Å². The largest absolute Gasteiger partial charge is 0.306 e. The second-order valence-corrected chi connectivity index (χ2v) is 8.04. The van der Waals surface area contributed by atoms with Crippen LogP contribution >= 0.6 is 23.1 Å². The number of hydrogen-bond acceptors (Lipinski definition) is 7. The highest BCUT2D eigenvalue weighted by atomic mass is 32.2. The lowest BCUT2D eigenvalue weighted by molar-refractivity contribution is -0.113. The van der Waals surface area contributed by atoms with E-state index in [0.29, 0.717) is 10.9 Å². The molecule has 1 amide bonds. The van der Waals surface area contributed by atoms with Crippen LogP contribution in [0.5, 0.6) is 0 Å². The van der Waals surface area contributed by atoms with Crippen LogP contribution in [-0.4, -0.2) is 36.6 Å². The summed E-state index contributed by atoms with van der Waals surface area (Å²) >= 11 is 2.73. The predicted molar refractivity (Wildman–Crippen MR) is 99.9 cm³/mol. The molecule has 2 heterocycles. The van der Waals surface area contributed by atoms with Crippen molar-refractivity contribution in [3.63, 3.8) is 0 Å². The van der Waals surface area contributed by atoms with Crippen LogP contribution in [0.1, 0.15) is 51.3 Å². The Hall–Kier alpha value is -1.48. The van der Waals surface area contributed by atoms with E-state index in [4.69, 9.17) is 0 Å². The van der Waals surface area contributed by atoms with Crippen LogP contribution in [0, 0.1) is 5.92 Å². The molecule has 3 rings (SSSR count). The topological polar surface area (TPSA) is 85.6 Å². The number of rotatable bonds is 8. The van der Waals surface area contributed by atoms with Crippen LogP contribution < -0.4 is 5.32 Å². The lowest BCUT2D eigenvalue weighted by Crippen LogP contribution is -2.14. The van der Waals surface area contributed by atoms with Crippen LogP contribution in [-0.2, 0) is 17.8 Å². The highest BCUT2D eigenvalue weighted by Crippen LogP contribution is 2.28. The molecular weight excluding hydrogens is 356 g/mol. The highest BCUT2D eigenvalue weighted by molar-refractivity contribution is 7.99. The van der Waals surface area contributed by atoms with Gasteiger partial charge in [0, 0.05) is 13.0 Å². The first-order valence-corrected chi connectivity index (χ1v) is 10.7. The number of aromatic nitrogens is 5. The van der Waals surface area contributed by atoms with E-state index in [1.165, 1.54) is 61.6 Å². The normalized spacial score (nSPS) is 15.4. The molecule has 0 atom stereocenters. The number of carbonyl (C=O) groups is 1. The summed E-state index contributed by atoms with van der Waals surface area (Å²) in [6.45, 7) is 2.92. The van der Waals surface area contributed by atoms with Gasteiger partial charge in [0.2, 0.25) is 11.0 Å².